The van der Waals surface area contributed by atoms with Crippen molar-refractivity contribution in [1.29, 1.82) is 0 Å². The number of hydrogen-bond donors (Lipinski definition) is 2. The van der Waals surface area contributed by atoms with Crippen molar-refractivity contribution in [2.45, 2.75) is 0 Å². The molecule has 0 unspecified atom stereocenters. The van der Waals surface area contributed by atoms with Gasteiger partial charge in [-0.2, -0.15) is 0 Å². The van der Waals surface area contributed by atoms with Crippen LogP contribution >= 0.6 is 22.9 Å². The van der Waals surface area contributed by atoms with Crippen LogP contribution in [0.5, 0.6) is 0 Å². The van der Waals surface area contributed by atoms with Crippen molar-refractivity contribution in [3.05, 3.63) is 85.6 Å². The van der Waals surface area contributed by atoms with Crippen molar-refractivity contribution in [2.24, 2.45) is 0 Å². The van der Waals surface area contributed by atoms with Gasteiger partial charge in [-0.1, -0.05) is 17.7 Å². The SMILES string of the molecule is O=C(Nc1cc([N+](=O)[O-])ccc1Cl)c1ccc(NC(=O)c2cccs2)cc1. The number of anilines is 2. The molecule has 136 valence electrons. The fraction of sp³-hybridized carbons (Fsp3) is 0. The van der Waals surface area contributed by atoms with Crippen molar-refractivity contribution in [3.63, 3.8) is 0 Å². The molecule has 2 aromatic carbocycles. The lowest BCUT2D eigenvalue weighted by atomic mass is 10.2. The lowest BCUT2D eigenvalue weighted by molar-refractivity contribution is -0.384. The Hall–Kier alpha value is -3.23. The molecule has 0 aliphatic rings. The van der Waals surface area contributed by atoms with Gasteiger partial charge in [0.25, 0.3) is 17.5 Å². The van der Waals surface area contributed by atoms with Crippen molar-refractivity contribution >= 4 is 51.8 Å². The maximum absolute atomic E-state index is 12.3. The molecule has 2 amide bonds. The summed E-state index contributed by atoms with van der Waals surface area (Å²) in [4.78, 5) is 35.2. The van der Waals surface area contributed by atoms with Gasteiger partial charge in [-0.25, -0.2) is 0 Å². The molecular weight excluding hydrogens is 390 g/mol. The predicted molar refractivity (Wildman–Crippen MR) is 105 cm³/mol. The Bertz CT molecular complexity index is 1000. The Morgan fingerprint density at radius 3 is 2.37 bits per heavy atom. The summed E-state index contributed by atoms with van der Waals surface area (Å²) in [5.41, 5.74) is 0.817. The molecule has 0 bridgehead atoms. The topological polar surface area (TPSA) is 101 Å². The first kappa shape index (κ1) is 18.6. The second kappa shape index (κ2) is 7.98. The molecule has 0 atom stereocenters. The third-order valence-corrected chi connectivity index (χ3v) is 4.76. The van der Waals surface area contributed by atoms with Gasteiger partial charge >= 0.3 is 0 Å². The van der Waals surface area contributed by atoms with E-state index in [9.17, 15) is 19.7 Å². The van der Waals surface area contributed by atoms with Gasteiger partial charge in [-0.3, -0.25) is 19.7 Å². The van der Waals surface area contributed by atoms with E-state index in [2.05, 4.69) is 10.6 Å². The van der Waals surface area contributed by atoms with Crippen LogP contribution in [-0.2, 0) is 0 Å². The number of non-ortho nitro benzene ring substituents is 1. The van der Waals surface area contributed by atoms with Gasteiger partial charge in [0.15, 0.2) is 0 Å². The summed E-state index contributed by atoms with van der Waals surface area (Å²) in [7, 11) is 0. The highest BCUT2D eigenvalue weighted by Gasteiger charge is 2.14. The number of carbonyl (C=O) groups is 2. The molecule has 0 aliphatic carbocycles. The minimum atomic E-state index is -0.572. The molecule has 0 aliphatic heterocycles. The quantitative estimate of drug-likeness (QED) is 0.473. The predicted octanol–water partition coefficient (Wildman–Crippen LogP) is 4.81. The van der Waals surface area contributed by atoms with Crippen molar-refractivity contribution in [3.8, 4) is 0 Å². The number of thiophene rings is 1. The Morgan fingerprint density at radius 2 is 1.74 bits per heavy atom. The Balaban J connectivity index is 1.70. The summed E-state index contributed by atoms with van der Waals surface area (Å²) >= 11 is 7.31. The van der Waals surface area contributed by atoms with Crippen LogP contribution in [0.3, 0.4) is 0 Å². The molecule has 2 N–H and O–H groups in total. The van der Waals surface area contributed by atoms with Crippen LogP contribution in [0.15, 0.2) is 60.0 Å². The maximum atomic E-state index is 12.3. The number of halogens is 1. The molecule has 7 nitrogen and oxygen atoms in total. The van der Waals surface area contributed by atoms with Gasteiger partial charge in [-0.15, -0.1) is 11.3 Å². The van der Waals surface area contributed by atoms with E-state index < -0.39 is 10.8 Å². The van der Waals surface area contributed by atoms with Crippen LogP contribution in [-0.4, -0.2) is 16.7 Å². The first-order valence-corrected chi connectivity index (χ1v) is 8.90. The zero-order valence-corrected chi connectivity index (χ0v) is 15.2. The van der Waals surface area contributed by atoms with Crippen LogP contribution in [0, 0.1) is 10.1 Å². The molecule has 9 heteroatoms. The maximum Gasteiger partial charge on any atom is 0.271 e. The number of nitrogens with zero attached hydrogens (tertiary/aromatic N) is 1. The summed E-state index contributed by atoms with van der Waals surface area (Å²) in [5.74, 6) is -0.709. The van der Waals surface area contributed by atoms with Gasteiger partial charge in [0.2, 0.25) is 0 Å². The monoisotopic (exact) mass is 401 g/mol. The van der Waals surface area contributed by atoms with Gasteiger partial charge in [-0.05, 0) is 41.8 Å². The van der Waals surface area contributed by atoms with Crippen LogP contribution in [0.25, 0.3) is 0 Å². The zero-order chi connectivity index (χ0) is 19.4. The van der Waals surface area contributed by atoms with E-state index >= 15 is 0 Å². The lowest BCUT2D eigenvalue weighted by Crippen LogP contribution is -2.13. The summed E-state index contributed by atoms with van der Waals surface area (Å²) in [6, 6.07) is 13.5. The number of nitrogens with one attached hydrogen (secondary N) is 2. The molecule has 3 rings (SSSR count). The molecule has 27 heavy (non-hydrogen) atoms. The van der Waals surface area contributed by atoms with Crippen molar-refractivity contribution in [2.75, 3.05) is 10.6 Å². The molecule has 3 aromatic rings. The standard InChI is InChI=1S/C18H12ClN3O4S/c19-14-8-7-13(22(25)26)10-15(14)21-17(23)11-3-5-12(6-4-11)20-18(24)16-2-1-9-27-16/h1-10H,(H,20,24)(H,21,23). The summed E-state index contributed by atoms with van der Waals surface area (Å²) < 4.78 is 0. The minimum absolute atomic E-state index is 0.144. The molecule has 0 fully saturated rings. The Labute approximate surface area is 162 Å². The van der Waals surface area contributed by atoms with Gasteiger partial charge in [0, 0.05) is 23.4 Å². The van der Waals surface area contributed by atoms with Gasteiger partial charge in [0.1, 0.15) is 0 Å². The first-order chi connectivity index (χ1) is 12.9. The number of amides is 2. The third kappa shape index (κ3) is 4.49. The molecule has 1 aromatic heterocycles. The highest BCUT2D eigenvalue weighted by molar-refractivity contribution is 7.12. The number of nitro groups is 1. The minimum Gasteiger partial charge on any atom is -0.321 e. The highest BCUT2D eigenvalue weighted by Crippen LogP contribution is 2.27. The van der Waals surface area contributed by atoms with E-state index in [1.165, 1.54) is 41.7 Å². The molecule has 0 radical (unpaired) electrons. The number of hydrogen-bond acceptors (Lipinski definition) is 5. The largest absolute Gasteiger partial charge is 0.321 e. The molecular formula is C18H12ClN3O4S. The van der Waals surface area contributed by atoms with Crippen LogP contribution in [0.4, 0.5) is 17.1 Å². The fourth-order valence-electron chi connectivity index (χ4n) is 2.22. The number of nitro benzene ring substituents is 1. The summed E-state index contributed by atoms with van der Waals surface area (Å²) in [6.07, 6.45) is 0. The average Bonchev–Trinajstić information content (AvgIpc) is 3.18. The average molecular weight is 402 g/mol. The number of carbonyl (C=O) groups excluding carboxylic acids is 2. The second-order valence-corrected chi connectivity index (χ2v) is 6.74. The van der Waals surface area contributed by atoms with E-state index in [-0.39, 0.29) is 22.3 Å². The Kier molecular flexibility index (Phi) is 5.49. The van der Waals surface area contributed by atoms with E-state index in [0.29, 0.717) is 16.1 Å². The van der Waals surface area contributed by atoms with Gasteiger partial charge in [0.05, 0.1) is 20.5 Å². The number of rotatable bonds is 5. The first-order valence-electron chi connectivity index (χ1n) is 7.64. The fourth-order valence-corrected chi connectivity index (χ4v) is 3.01. The van der Waals surface area contributed by atoms with Crippen LogP contribution < -0.4 is 10.6 Å². The second-order valence-electron chi connectivity index (χ2n) is 5.38. The van der Waals surface area contributed by atoms with Crippen LogP contribution in [0.1, 0.15) is 20.0 Å². The summed E-state index contributed by atoms with van der Waals surface area (Å²) in [6.45, 7) is 0. The third-order valence-electron chi connectivity index (χ3n) is 3.56. The van der Waals surface area contributed by atoms with Crippen molar-refractivity contribution in [1.82, 2.24) is 0 Å². The molecule has 0 saturated carbocycles. The zero-order valence-electron chi connectivity index (χ0n) is 13.6. The van der Waals surface area contributed by atoms with Gasteiger partial charge < -0.3 is 10.6 Å². The van der Waals surface area contributed by atoms with Crippen molar-refractivity contribution < 1.29 is 14.5 Å². The lowest BCUT2D eigenvalue weighted by Gasteiger charge is -2.08. The molecule has 0 saturated heterocycles. The highest BCUT2D eigenvalue weighted by atomic mass is 35.5. The Morgan fingerprint density at radius 1 is 1.00 bits per heavy atom. The van der Waals surface area contributed by atoms with Crippen LogP contribution in [0.2, 0.25) is 5.02 Å². The van der Waals surface area contributed by atoms with E-state index in [4.69, 9.17) is 11.6 Å². The molecule has 0 spiro atoms. The smallest absolute Gasteiger partial charge is 0.271 e. The van der Waals surface area contributed by atoms with E-state index in [1.54, 1.807) is 29.6 Å². The molecule has 1 heterocycles. The van der Waals surface area contributed by atoms with E-state index in [0.717, 1.165) is 0 Å². The number of benzene rings is 2. The summed E-state index contributed by atoms with van der Waals surface area (Å²) in [5, 5.41) is 18.1. The normalized spacial score (nSPS) is 10.3. The van der Waals surface area contributed by atoms with E-state index in [1.807, 2.05) is 0 Å².